The number of allylic oxidation sites excluding steroid dienone is 1. The summed E-state index contributed by atoms with van der Waals surface area (Å²) in [5, 5.41) is 8.91. The van der Waals surface area contributed by atoms with Gasteiger partial charge in [0.05, 0.1) is 5.92 Å². The van der Waals surface area contributed by atoms with E-state index < -0.39 is 11.9 Å². The summed E-state index contributed by atoms with van der Waals surface area (Å²) in [5.41, 5.74) is 1.31. The smallest absolute Gasteiger partial charge is 0.308 e. The van der Waals surface area contributed by atoms with Crippen LogP contribution < -0.4 is 0 Å². The normalized spacial score (nSPS) is 18.3. The summed E-state index contributed by atoms with van der Waals surface area (Å²) in [6, 6.07) is 6.02. The van der Waals surface area contributed by atoms with E-state index >= 15 is 0 Å². The SMILES string of the molecule is C/C(=C/C(=O)N1CCC(C(=O)O)C1)c1cccc(F)c1.Cl. The molecule has 2 rings (SSSR count). The summed E-state index contributed by atoms with van der Waals surface area (Å²) >= 11 is 0. The van der Waals surface area contributed by atoms with Crippen LogP contribution in [0, 0.1) is 11.7 Å². The fraction of sp³-hybridized carbons (Fsp3) is 0.333. The van der Waals surface area contributed by atoms with Gasteiger partial charge in [0, 0.05) is 19.2 Å². The fourth-order valence-corrected chi connectivity index (χ4v) is 2.26. The molecule has 6 heteroatoms. The number of rotatable bonds is 3. The van der Waals surface area contributed by atoms with Crippen molar-refractivity contribution in [2.75, 3.05) is 13.1 Å². The zero-order valence-corrected chi connectivity index (χ0v) is 12.4. The predicted molar refractivity (Wildman–Crippen MR) is 79.6 cm³/mol. The summed E-state index contributed by atoms with van der Waals surface area (Å²) in [7, 11) is 0. The molecule has 0 aromatic heterocycles. The molecule has 0 radical (unpaired) electrons. The lowest BCUT2D eigenvalue weighted by molar-refractivity contribution is -0.141. The van der Waals surface area contributed by atoms with Crippen molar-refractivity contribution >= 4 is 29.9 Å². The van der Waals surface area contributed by atoms with Crippen LogP contribution in [0.3, 0.4) is 0 Å². The Morgan fingerprint density at radius 3 is 2.71 bits per heavy atom. The van der Waals surface area contributed by atoms with Gasteiger partial charge in [0.15, 0.2) is 0 Å². The number of amides is 1. The maximum absolute atomic E-state index is 13.1. The summed E-state index contributed by atoms with van der Waals surface area (Å²) in [5.74, 6) is -1.93. The van der Waals surface area contributed by atoms with Gasteiger partial charge < -0.3 is 10.0 Å². The molecule has 1 aliphatic rings. The van der Waals surface area contributed by atoms with Crippen LogP contribution in [0.4, 0.5) is 4.39 Å². The van der Waals surface area contributed by atoms with E-state index in [9.17, 15) is 14.0 Å². The molecule has 0 aliphatic carbocycles. The molecule has 114 valence electrons. The maximum Gasteiger partial charge on any atom is 0.308 e. The summed E-state index contributed by atoms with van der Waals surface area (Å²) < 4.78 is 13.1. The average molecular weight is 314 g/mol. The maximum atomic E-state index is 13.1. The van der Waals surface area contributed by atoms with Crippen LogP contribution in [-0.2, 0) is 9.59 Å². The molecular formula is C15H17ClFNO3. The monoisotopic (exact) mass is 313 g/mol. The highest BCUT2D eigenvalue weighted by molar-refractivity contribution is 5.95. The van der Waals surface area contributed by atoms with E-state index in [1.54, 1.807) is 19.1 Å². The van der Waals surface area contributed by atoms with E-state index in [4.69, 9.17) is 5.11 Å². The highest BCUT2D eigenvalue weighted by Gasteiger charge is 2.29. The molecular weight excluding hydrogens is 297 g/mol. The van der Waals surface area contributed by atoms with Gasteiger partial charge >= 0.3 is 5.97 Å². The Morgan fingerprint density at radius 1 is 1.43 bits per heavy atom. The fourth-order valence-electron chi connectivity index (χ4n) is 2.26. The van der Waals surface area contributed by atoms with Crippen molar-refractivity contribution in [3.8, 4) is 0 Å². The van der Waals surface area contributed by atoms with Crippen LogP contribution in [0.2, 0.25) is 0 Å². The van der Waals surface area contributed by atoms with Gasteiger partial charge in [-0.2, -0.15) is 0 Å². The number of benzene rings is 1. The van der Waals surface area contributed by atoms with Crippen LogP contribution >= 0.6 is 12.4 Å². The van der Waals surface area contributed by atoms with Gasteiger partial charge in [0.2, 0.25) is 5.91 Å². The number of hydrogen-bond acceptors (Lipinski definition) is 2. The molecule has 0 spiro atoms. The first-order chi connectivity index (χ1) is 9.47. The molecule has 1 N–H and O–H groups in total. The number of aliphatic carboxylic acids is 1. The van der Waals surface area contributed by atoms with Crippen LogP contribution in [0.5, 0.6) is 0 Å². The second-order valence-corrected chi connectivity index (χ2v) is 4.95. The zero-order chi connectivity index (χ0) is 14.7. The molecule has 1 unspecified atom stereocenters. The molecule has 1 aliphatic heterocycles. The number of carbonyl (C=O) groups excluding carboxylic acids is 1. The lowest BCUT2D eigenvalue weighted by Gasteiger charge is -2.14. The first kappa shape index (κ1) is 17.2. The zero-order valence-electron chi connectivity index (χ0n) is 11.6. The minimum absolute atomic E-state index is 0. The highest BCUT2D eigenvalue weighted by Crippen LogP contribution is 2.19. The second kappa shape index (κ2) is 7.22. The van der Waals surface area contributed by atoms with Crippen molar-refractivity contribution in [2.45, 2.75) is 13.3 Å². The lowest BCUT2D eigenvalue weighted by Crippen LogP contribution is -2.28. The highest BCUT2D eigenvalue weighted by atomic mass is 35.5. The molecule has 0 bridgehead atoms. The van der Waals surface area contributed by atoms with Gasteiger partial charge in [0.1, 0.15) is 5.82 Å². The number of carboxylic acid groups (broad SMARTS) is 1. The van der Waals surface area contributed by atoms with E-state index in [0.717, 1.165) is 0 Å². The summed E-state index contributed by atoms with van der Waals surface area (Å²) in [6.07, 6.45) is 1.91. The Kier molecular flexibility index (Phi) is 5.90. The van der Waals surface area contributed by atoms with Gasteiger partial charge in [-0.05, 0) is 36.6 Å². The Morgan fingerprint density at radius 2 is 2.14 bits per heavy atom. The van der Waals surface area contributed by atoms with Crippen LogP contribution in [0.1, 0.15) is 18.9 Å². The third kappa shape index (κ3) is 4.29. The Balaban J connectivity index is 0.00000220. The first-order valence-electron chi connectivity index (χ1n) is 6.43. The number of hydrogen-bond donors (Lipinski definition) is 1. The number of likely N-dealkylation sites (tertiary alicyclic amines) is 1. The molecule has 1 aromatic carbocycles. The molecule has 1 amide bonds. The first-order valence-corrected chi connectivity index (χ1v) is 6.43. The van der Waals surface area contributed by atoms with E-state index in [1.165, 1.54) is 23.1 Å². The third-order valence-corrected chi connectivity index (χ3v) is 3.47. The minimum atomic E-state index is -0.869. The Hall–Kier alpha value is -1.88. The molecule has 1 heterocycles. The van der Waals surface area contributed by atoms with Crippen molar-refractivity contribution in [1.82, 2.24) is 4.90 Å². The lowest BCUT2D eigenvalue weighted by atomic mass is 10.1. The summed E-state index contributed by atoms with van der Waals surface area (Å²) in [6.45, 7) is 2.42. The Bertz CT molecular complexity index is 574. The van der Waals surface area contributed by atoms with Gasteiger partial charge in [0.25, 0.3) is 0 Å². The van der Waals surface area contributed by atoms with Crippen molar-refractivity contribution in [2.24, 2.45) is 5.92 Å². The standard InChI is InChI=1S/C15H16FNO3.ClH/c1-10(11-3-2-4-13(16)8-11)7-14(18)17-6-5-12(9-17)15(19)20;/h2-4,7-8,12H,5-6,9H2,1H3,(H,19,20);1H/b10-7-;. The van der Waals surface area contributed by atoms with Gasteiger partial charge in [-0.15, -0.1) is 12.4 Å². The van der Waals surface area contributed by atoms with E-state index in [-0.39, 0.29) is 30.7 Å². The van der Waals surface area contributed by atoms with Gasteiger partial charge in [-0.25, -0.2) is 4.39 Å². The second-order valence-electron chi connectivity index (χ2n) is 4.95. The van der Waals surface area contributed by atoms with Crippen LogP contribution in [0.15, 0.2) is 30.3 Å². The van der Waals surface area contributed by atoms with Gasteiger partial charge in [-0.3, -0.25) is 9.59 Å². The molecule has 1 saturated heterocycles. The number of carboxylic acids is 1. The van der Waals surface area contributed by atoms with Gasteiger partial charge in [-0.1, -0.05) is 12.1 Å². The molecule has 4 nitrogen and oxygen atoms in total. The van der Waals surface area contributed by atoms with Crippen molar-refractivity contribution in [1.29, 1.82) is 0 Å². The van der Waals surface area contributed by atoms with E-state index in [1.807, 2.05) is 0 Å². The quantitative estimate of drug-likeness (QED) is 0.873. The largest absolute Gasteiger partial charge is 0.481 e. The van der Waals surface area contributed by atoms with E-state index in [0.29, 0.717) is 24.1 Å². The van der Waals surface area contributed by atoms with Crippen LogP contribution in [0.25, 0.3) is 5.57 Å². The molecule has 0 saturated carbocycles. The molecule has 1 atom stereocenters. The Labute approximate surface area is 128 Å². The van der Waals surface area contributed by atoms with Crippen LogP contribution in [-0.4, -0.2) is 35.0 Å². The topological polar surface area (TPSA) is 57.6 Å². The number of halogens is 2. The van der Waals surface area contributed by atoms with Crippen molar-refractivity contribution in [3.05, 3.63) is 41.7 Å². The average Bonchev–Trinajstić information content (AvgIpc) is 2.88. The molecule has 1 aromatic rings. The predicted octanol–water partition coefficient (Wildman–Crippen LogP) is 2.58. The molecule has 21 heavy (non-hydrogen) atoms. The minimum Gasteiger partial charge on any atom is -0.481 e. The van der Waals surface area contributed by atoms with E-state index in [2.05, 4.69) is 0 Å². The van der Waals surface area contributed by atoms with Crippen molar-refractivity contribution in [3.63, 3.8) is 0 Å². The summed E-state index contributed by atoms with van der Waals surface area (Å²) in [4.78, 5) is 24.4. The number of carbonyl (C=O) groups is 2. The number of nitrogens with zero attached hydrogens (tertiary/aromatic N) is 1. The third-order valence-electron chi connectivity index (χ3n) is 3.47. The molecule has 1 fully saturated rings. The van der Waals surface area contributed by atoms with Crippen molar-refractivity contribution < 1.29 is 19.1 Å².